The average molecular weight is 261 g/mol. The van der Waals surface area contributed by atoms with Crippen LogP contribution in [0.15, 0.2) is 18.3 Å². The SMILES string of the molecule is CC(C)C(N)C(=O)Nc1ccc(C(F)(F)F)nc1. The number of carbonyl (C=O) groups excluding carboxylic acids is 1. The van der Waals surface area contributed by atoms with Crippen molar-refractivity contribution in [3.05, 3.63) is 24.0 Å². The second kappa shape index (κ2) is 5.34. The number of hydrogen-bond donors (Lipinski definition) is 2. The first-order chi connectivity index (χ1) is 8.21. The van der Waals surface area contributed by atoms with Gasteiger partial charge in [-0.1, -0.05) is 13.8 Å². The molecule has 0 saturated carbocycles. The van der Waals surface area contributed by atoms with Gasteiger partial charge in [-0.05, 0) is 18.1 Å². The van der Waals surface area contributed by atoms with Gasteiger partial charge in [-0.25, -0.2) is 4.98 Å². The molecule has 4 nitrogen and oxygen atoms in total. The van der Waals surface area contributed by atoms with Crippen LogP contribution in [0.3, 0.4) is 0 Å². The zero-order valence-electron chi connectivity index (χ0n) is 9.95. The van der Waals surface area contributed by atoms with Crippen LogP contribution in [0.25, 0.3) is 0 Å². The van der Waals surface area contributed by atoms with Gasteiger partial charge in [0.1, 0.15) is 5.69 Å². The van der Waals surface area contributed by atoms with E-state index in [0.29, 0.717) is 0 Å². The third-order valence-corrected chi connectivity index (χ3v) is 2.34. The Labute approximate surface area is 102 Å². The summed E-state index contributed by atoms with van der Waals surface area (Å²) in [6.07, 6.45) is -3.54. The lowest BCUT2D eigenvalue weighted by molar-refractivity contribution is -0.141. The maximum absolute atomic E-state index is 12.2. The number of nitrogens with two attached hydrogens (primary N) is 1. The Balaban J connectivity index is 2.73. The van der Waals surface area contributed by atoms with Crippen molar-refractivity contribution in [3.8, 4) is 0 Å². The van der Waals surface area contributed by atoms with Crippen molar-refractivity contribution in [3.63, 3.8) is 0 Å². The standard InChI is InChI=1S/C11H14F3N3O/c1-6(2)9(15)10(18)17-7-3-4-8(16-5-7)11(12,13)14/h3-6,9H,15H2,1-2H3,(H,17,18). The lowest BCUT2D eigenvalue weighted by Gasteiger charge is -2.15. The van der Waals surface area contributed by atoms with Gasteiger partial charge in [0.2, 0.25) is 5.91 Å². The highest BCUT2D eigenvalue weighted by Crippen LogP contribution is 2.27. The summed E-state index contributed by atoms with van der Waals surface area (Å²) in [7, 11) is 0. The Morgan fingerprint density at radius 1 is 1.39 bits per heavy atom. The Kier molecular flexibility index (Phi) is 4.28. The predicted molar refractivity (Wildman–Crippen MR) is 60.7 cm³/mol. The highest BCUT2D eigenvalue weighted by atomic mass is 19.4. The van der Waals surface area contributed by atoms with Crippen molar-refractivity contribution >= 4 is 11.6 Å². The van der Waals surface area contributed by atoms with Crippen LogP contribution < -0.4 is 11.1 Å². The van der Waals surface area contributed by atoms with E-state index in [9.17, 15) is 18.0 Å². The highest BCUT2D eigenvalue weighted by Gasteiger charge is 2.32. The smallest absolute Gasteiger partial charge is 0.323 e. The summed E-state index contributed by atoms with van der Waals surface area (Å²) in [6.45, 7) is 3.55. The molecule has 0 aliphatic rings. The number of anilines is 1. The van der Waals surface area contributed by atoms with Gasteiger partial charge in [0.25, 0.3) is 0 Å². The fraction of sp³-hybridized carbons (Fsp3) is 0.455. The Bertz CT molecular complexity index is 415. The molecule has 1 aromatic rings. The van der Waals surface area contributed by atoms with Crippen LogP contribution in [0.5, 0.6) is 0 Å². The molecule has 0 spiro atoms. The first-order valence-electron chi connectivity index (χ1n) is 5.31. The topological polar surface area (TPSA) is 68.0 Å². The molecule has 1 atom stereocenters. The predicted octanol–water partition coefficient (Wildman–Crippen LogP) is 2.02. The van der Waals surface area contributed by atoms with Crippen LogP contribution in [0.2, 0.25) is 0 Å². The molecule has 0 fully saturated rings. The van der Waals surface area contributed by atoms with Gasteiger partial charge >= 0.3 is 6.18 Å². The number of carbonyl (C=O) groups is 1. The number of halogens is 3. The summed E-state index contributed by atoms with van der Waals surface area (Å²) in [5.74, 6) is -0.515. The summed E-state index contributed by atoms with van der Waals surface area (Å²) < 4.78 is 36.7. The maximum atomic E-state index is 12.2. The highest BCUT2D eigenvalue weighted by molar-refractivity contribution is 5.94. The third kappa shape index (κ3) is 3.69. The first-order valence-corrected chi connectivity index (χ1v) is 5.31. The molecule has 0 aliphatic carbocycles. The van der Waals surface area contributed by atoms with Crippen LogP contribution in [0, 0.1) is 5.92 Å². The maximum Gasteiger partial charge on any atom is 0.433 e. The Hall–Kier alpha value is -1.63. The molecule has 18 heavy (non-hydrogen) atoms. The summed E-state index contributed by atoms with van der Waals surface area (Å²) in [6, 6.07) is 1.23. The van der Waals surface area contributed by atoms with E-state index in [4.69, 9.17) is 5.73 Å². The number of hydrogen-bond acceptors (Lipinski definition) is 3. The van der Waals surface area contributed by atoms with E-state index in [-0.39, 0.29) is 11.6 Å². The van der Waals surface area contributed by atoms with Crippen LogP contribution in [-0.4, -0.2) is 16.9 Å². The molecule has 1 aromatic heterocycles. The number of amides is 1. The van der Waals surface area contributed by atoms with Crippen molar-refractivity contribution in [1.82, 2.24) is 4.98 Å². The van der Waals surface area contributed by atoms with Gasteiger partial charge < -0.3 is 11.1 Å². The lowest BCUT2D eigenvalue weighted by atomic mass is 10.1. The fourth-order valence-electron chi connectivity index (χ4n) is 1.16. The number of alkyl halides is 3. The van der Waals surface area contributed by atoms with E-state index in [2.05, 4.69) is 10.3 Å². The molecule has 0 aromatic carbocycles. The van der Waals surface area contributed by atoms with E-state index in [1.54, 1.807) is 13.8 Å². The monoisotopic (exact) mass is 261 g/mol. The molecule has 1 heterocycles. The molecule has 1 unspecified atom stereocenters. The van der Waals surface area contributed by atoms with Gasteiger partial charge in [0, 0.05) is 0 Å². The van der Waals surface area contributed by atoms with Gasteiger partial charge in [-0.15, -0.1) is 0 Å². The molecule has 7 heteroatoms. The molecule has 1 amide bonds. The van der Waals surface area contributed by atoms with E-state index in [0.717, 1.165) is 18.3 Å². The minimum absolute atomic E-state index is 0.0626. The zero-order chi connectivity index (χ0) is 13.9. The van der Waals surface area contributed by atoms with E-state index in [1.807, 2.05) is 0 Å². The second-order valence-electron chi connectivity index (χ2n) is 4.19. The molecule has 0 bridgehead atoms. The fourth-order valence-corrected chi connectivity index (χ4v) is 1.16. The number of aromatic nitrogens is 1. The lowest BCUT2D eigenvalue weighted by Crippen LogP contribution is -2.39. The molecule has 1 rings (SSSR count). The number of pyridine rings is 1. The van der Waals surface area contributed by atoms with Gasteiger partial charge in [-0.2, -0.15) is 13.2 Å². The normalized spacial score (nSPS) is 13.5. The van der Waals surface area contributed by atoms with Gasteiger partial charge in [0.05, 0.1) is 17.9 Å². The summed E-state index contributed by atoms with van der Waals surface area (Å²) in [5.41, 5.74) is 4.77. The largest absolute Gasteiger partial charge is 0.433 e. The second-order valence-corrected chi connectivity index (χ2v) is 4.19. The van der Waals surface area contributed by atoms with Gasteiger partial charge in [-0.3, -0.25) is 4.79 Å². The van der Waals surface area contributed by atoms with E-state index in [1.165, 1.54) is 0 Å². The summed E-state index contributed by atoms with van der Waals surface area (Å²) in [4.78, 5) is 14.8. The molecule has 0 radical (unpaired) electrons. The van der Waals surface area contributed by atoms with Crippen molar-refractivity contribution in [2.75, 3.05) is 5.32 Å². The third-order valence-electron chi connectivity index (χ3n) is 2.34. The molecule has 0 saturated heterocycles. The quantitative estimate of drug-likeness (QED) is 0.874. The molecule has 3 N–H and O–H groups in total. The van der Waals surface area contributed by atoms with Crippen molar-refractivity contribution in [1.29, 1.82) is 0 Å². The van der Waals surface area contributed by atoms with Crippen LogP contribution in [-0.2, 0) is 11.0 Å². The Morgan fingerprint density at radius 2 is 2.00 bits per heavy atom. The number of nitrogens with one attached hydrogen (secondary N) is 1. The molecule has 100 valence electrons. The van der Waals surface area contributed by atoms with E-state index < -0.39 is 23.8 Å². The minimum atomic E-state index is -4.49. The van der Waals surface area contributed by atoms with Crippen LogP contribution in [0.1, 0.15) is 19.5 Å². The molecule has 0 aliphatic heterocycles. The summed E-state index contributed by atoms with van der Waals surface area (Å²) in [5, 5.41) is 2.41. The summed E-state index contributed by atoms with van der Waals surface area (Å²) >= 11 is 0. The van der Waals surface area contributed by atoms with E-state index >= 15 is 0 Å². The van der Waals surface area contributed by atoms with Crippen LogP contribution >= 0.6 is 0 Å². The zero-order valence-corrected chi connectivity index (χ0v) is 9.95. The first kappa shape index (κ1) is 14.4. The number of nitrogens with zero attached hydrogens (tertiary/aromatic N) is 1. The minimum Gasteiger partial charge on any atom is -0.323 e. The van der Waals surface area contributed by atoms with Crippen molar-refractivity contribution in [2.45, 2.75) is 26.1 Å². The van der Waals surface area contributed by atoms with Gasteiger partial charge in [0.15, 0.2) is 0 Å². The average Bonchev–Trinajstić information content (AvgIpc) is 2.27. The van der Waals surface area contributed by atoms with Crippen LogP contribution in [0.4, 0.5) is 18.9 Å². The molecular formula is C11H14F3N3O. The van der Waals surface area contributed by atoms with Crippen molar-refractivity contribution < 1.29 is 18.0 Å². The Morgan fingerprint density at radius 3 is 2.39 bits per heavy atom. The van der Waals surface area contributed by atoms with Crippen molar-refractivity contribution in [2.24, 2.45) is 11.7 Å². The molecular weight excluding hydrogens is 247 g/mol. The number of rotatable bonds is 3.